The number of anilines is 1. The molecule has 0 aromatic carbocycles. The average Bonchev–Trinajstić information content (AvgIpc) is 2.36. The van der Waals surface area contributed by atoms with E-state index in [2.05, 4.69) is 10.3 Å². The Kier molecular flexibility index (Phi) is 4.43. The molecule has 2 heterocycles. The van der Waals surface area contributed by atoms with E-state index in [9.17, 15) is 18.5 Å². The number of hydrogen-bond donors (Lipinski definition) is 1. The van der Waals surface area contributed by atoms with Crippen molar-refractivity contribution in [3.63, 3.8) is 0 Å². The number of nitro groups is 1. The summed E-state index contributed by atoms with van der Waals surface area (Å²) in [7, 11) is -3.12. The normalized spacial score (nSPS) is 16.5. The molecular formula is C12H18N4O4S. The summed E-state index contributed by atoms with van der Waals surface area (Å²) >= 11 is 0. The first-order valence-electron chi connectivity index (χ1n) is 6.67. The van der Waals surface area contributed by atoms with E-state index in [1.165, 1.54) is 10.5 Å². The maximum Gasteiger partial charge on any atom is 0.314 e. The quantitative estimate of drug-likeness (QED) is 0.620. The fraction of sp³-hybridized carbons (Fsp3) is 0.583. The van der Waals surface area contributed by atoms with Gasteiger partial charge in [-0.05, 0) is 19.9 Å². The molecule has 1 aliphatic heterocycles. The van der Waals surface area contributed by atoms with Crippen molar-refractivity contribution in [1.29, 1.82) is 0 Å². The first kappa shape index (κ1) is 15.6. The maximum atomic E-state index is 11.6. The van der Waals surface area contributed by atoms with Gasteiger partial charge in [0, 0.05) is 37.3 Å². The van der Waals surface area contributed by atoms with E-state index in [1.807, 2.05) is 0 Å². The molecule has 1 saturated heterocycles. The average molecular weight is 314 g/mol. The molecule has 0 amide bonds. The molecule has 0 bridgehead atoms. The summed E-state index contributed by atoms with van der Waals surface area (Å²) in [6.45, 7) is 4.63. The van der Waals surface area contributed by atoms with E-state index in [0.717, 1.165) is 0 Å². The summed E-state index contributed by atoms with van der Waals surface area (Å²) < 4.78 is 24.6. The largest absolute Gasteiger partial charge is 0.364 e. The predicted molar refractivity (Wildman–Crippen MR) is 78.6 cm³/mol. The number of sulfonamides is 1. The van der Waals surface area contributed by atoms with Crippen molar-refractivity contribution in [3.05, 3.63) is 27.9 Å². The summed E-state index contributed by atoms with van der Waals surface area (Å²) in [6.07, 6.45) is 1.51. The Morgan fingerprint density at radius 1 is 1.52 bits per heavy atom. The lowest BCUT2D eigenvalue weighted by atomic mass is 10.0. The molecule has 0 spiro atoms. The number of aromatic nitrogens is 1. The standard InChI is InChI=1S/C12H18N4O4S/c1-3-21(19,20)15-7-10(8-15)6-14-12-11(16(17)18)9(2)4-5-13-12/h4-5,10H,3,6-8H2,1-2H3,(H,13,14). The third-order valence-electron chi connectivity index (χ3n) is 3.55. The van der Waals surface area contributed by atoms with Gasteiger partial charge in [0.15, 0.2) is 0 Å². The van der Waals surface area contributed by atoms with Gasteiger partial charge in [0.2, 0.25) is 15.8 Å². The molecule has 0 radical (unpaired) electrons. The van der Waals surface area contributed by atoms with Crippen LogP contribution >= 0.6 is 0 Å². The van der Waals surface area contributed by atoms with Crippen molar-refractivity contribution < 1.29 is 13.3 Å². The second kappa shape index (κ2) is 5.94. The van der Waals surface area contributed by atoms with Crippen LogP contribution in [0.2, 0.25) is 0 Å². The Bertz CT molecular complexity index is 641. The van der Waals surface area contributed by atoms with Crippen LogP contribution in [0.5, 0.6) is 0 Å². The zero-order valence-electron chi connectivity index (χ0n) is 11.9. The Balaban J connectivity index is 1.95. The van der Waals surface area contributed by atoms with E-state index in [-0.39, 0.29) is 23.2 Å². The van der Waals surface area contributed by atoms with Crippen LogP contribution in [0.25, 0.3) is 0 Å². The first-order valence-corrected chi connectivity index (χ1v) is 8.27. The zero-order valence-corrected chi connectivity index (χ0v) is 12.8. The van der Waals surface area contributed by atoms with E-state index >= 15 is 0 Å². The van der Waals surface area contributed by atoms with Crippen molar-refractivity contribution in [2.75, 3.05) is 30.7 Å². The number of rotatable bonds is 6. The van der Waals surface area contributed by atoms with Crippen molar-refractivity contribution in [2.24, 2.45) is 5.92 Å². The van der Waals surface area contributed by atoms with Gasteiger partial charge in [0.1, 0.15) is 0 Å². The van der Waals surface area contributed by atoms with E-state index in [1.54, 1.807) is 19.9 Å². The summed E-state index contributed by atoms with van der Waals surface area (Å²) in [5.74, 6) is 0.475. The van der Waals surface area contributed by atoms with Crippen LogP contribution in [0, 0.1) is 23.0 Å². The van der Waals surface area contributed by atoms with Crippen LogP contribution in [0.4, 0.5) is 11.5 Å². The highest BCUT2D eigenvalue weighted by Crippen LogP contribution is 2.27. The van der Waals surface area contributed by atoms with Gasteiger partial charge in [0.25, 0.3) is 0 Å². The molecule has 0 atom stereocenters. The van der Waals surface area contributed by atoms with Gasteiger partial charge < -0.3 is 5.32 Å². The number of nitrogens with zero attached hydrogens (tertiary/aromatic N) is 3. The van der Waals surface area contributed by atoms with Crippen LogP contribution in [-0.2, 0) is 10.0 Å². The highest BCUT2D eigenvalue weighted by molar-refractivity contribution is 7.89. The van der Waals surface area contributed by atoms with Gasteiger partial charge in [-0.15, -0.1) is 0 Å². The molecule has 1 aliphatic rings. The van der Waals surface area contributed by atoms with Crippen molar-refractivity contribution >= 4 is 21.5 Å². The molecular weight excluding hydrogens is 296 g/mol. The molecule has 8 nitrogen and oxygen atoms in total. The molecule has 1 fully saturated rings. The number of aryl methyl sites for hydroxylation is 1. The maximum absolute atomic E-state index is 11.6. The summed E-state index contributed by atoms with van der Waals surface area (Å²) in [5, 5.41) is 14.0. The predicted octanol–water partition coefficient (Wildman–Crippen LogP) is 0.992. The SMILES string of the molecule is CCS(=O)(=O)N1CC(CNc2nccc(C)c2[N+](=O)[O-])C1. The van der Waals surface area contributed by atoms with Gasteiger partial charge in [-0.2, -0.15) is 0 Å². The monoisotopic (exact) mass is 314 g/mol. The van der Waals surface area contributed by atoms with Gasteiger partial charge in [-0.25, -0.2) is 17.7 Å². The fourth-order valence-corrected chi connectivity index (χ4v) is 3.45. The number of nitrogens with one attached hydrogen (secondary N) is 1. The van der Waals surface area contributed by atoms with Gasteiger partial charge in [-0.1, -0.05) is 0 Å². The number of pyridine rings is 1. The topological polar surface area (TPSA) is 105 Å². The van der Waals surface area contributed by atoms with Crippen LogP contribution in [-0.4, -0.2) is 48.0 Å². The second-order valence-corrected chi connectivity index (χ2v) is 7.30. The minimum Gasteiger partial charge on any atom is -0.364 e. The molecule has 116 valence electrons. The molecule has 2 rings (SSSR count). The zero-order chi connectivity index (χ0) is 15.6. The van der Waals surface area contributed by atoms with Gasteiger partial charge >= 0.3 is 5.69 Å². The molecule has 0 unspecified atom stereocenters. The minimum absolute atomic E-state index is 0.0325. The lowest BCUT2D eigenvalue weighted by molar-refractivity contribution is -0.384. The van der Waals surface area contributed by atoms with Crippen LogP contribution in [0.15, 0.2) is 12.3 Å². The van der Waals surface area contributed by atoms with E-state index < -0.39 is 14.9 Å². The van der Waals surface area contributed by atoms with Gasteiger partial charge in [-0.3, -0.25) is 10.1 Å². The third-order valence-corrected chi connectivity index (χ3v) is 5.36. The highest BCUT2D eigenvalue weighted by Gasteiger charge is 2.34. The molecule has 0 saturated carbocycles. The van der Waals surface area contributed by atoms with E-state index in [4.69, 9.17) is 0 Å². The number of hydrogen-bond acceptors (Lipinski definition) is 6. The Morgan fingerprint density at radius 2 is 2.19 bits per heavy atom. The van der Waals surface area contributed by atoms with Crippen LogP contribution in [0.3, 0.4) is 0 Å². The lowest BCUT2D eigenvalue weighted by Crippen LogP contribution is -2.52. The molecule has 0 aliphatic carbocycles. The lowest BCUT2D eigenvalue weighted by Gasteiger charge is -2.37. The molecule has 1 aromatic rings. The van der Waals surface area contributed by atoms with Gasteiger partial charge in [0.05, 0.1) is 10.7 Å². The summed E-state index contributed by atoms with van der Waals surface area (Å²) in [6, 6.07) is 1.59. The van der Waals surface area contributed by atoms with Crippen molar-refractivity contribution in [3.8, 4) is 0 Å². The minimum atomic E-state index is -3.12. The molecule has 1 aromatic heterocycles. The molecule has 21 heavy (non-hydrogen) atoms. The van der Waals surface area contributed by atoms with E-state index in [0.29, 0.717) is 25.2 Å². The highest BCUT2D eigenvalue weighted by atomic mass is 32.2. The second-order valence-electron chi connectivity index (χ2n) is 5.05. The summed E-state index contributed by atoms with van der Waals surface area (Å²) in [4.78, 5) is 14.6. The molecule has 9 heteroatoms. The Morgan fingerprint density at radius 3 is 2.76 bits per heavy atom. The van der Waals surface area contributed by atoms with Crippen molar-refractivity contribution in [1.82, 2.24) is 9.29 Å². The fourth-order valence-electron chi connectivity index (χ4n) is 2.21. The molecule has 1 N–H and O–H groups in total. The summed E-state index contributed by atoms with van der Waals surface area (Å²) in [5.41, 5.74) is 0.510. The first-order chi connectivity index (χ1) is 9.85. The Labute approximate surface area is 123 Å². The van der Waals surface area contributed by atoms with Crippen molar-refractivity contribution in [2.45, 2.75) is 13.8 Å². The van der Waals surface area contributed by atoms with Crippen LogP contribution < -0.4 is 5.32 Å². The third kappa shape index (κ3) is 3.30. The Hall–Kier alpha value is -1.74. The van der Waals surface area contributed by atoms with Crippen LogP contribution in [0.1, 0.15) is 12.5 Å². The smallest absolute Gasteiger partial charge is 0.314 e.